The highest BCUT2D eigenvalue weighted by Gasteiger charge is 2.25. The van der Waals surface area contributed by atoms with E-state index in [9.17, 15) is 9.90 Å². The van der Waals surface area contributed by atoms with Gasteiger partial charge in [-0.1, -0.05) is 24.3 Å². The molecule has 1 aromatic carbocycles. The molecule has 0 aliphatic carbocycles. The van der Waals surface area contributed by atoms with Crippen molar-refractivity contribution in [2.75, 3.05) is 0 Å². The first kappa shape index (κ1) is 12.0. The van der Waals surface area contributed by atoms with Gasteiger partial charge in [0.05, 0.1) is 0 Å². The number of carboxylic acids is 1. The van der Waals surface area contributed by atoms with Gasteiger partial charge in [0.25, 0.3) is 0 Å². The van der Waals surface area contributed by atoms with E-state index in [0.29, 0.717) is 0 Å². The minimum atomic E-state index is -0.944. The minimum absolute atomic E-state index is 0.186. The molecule has 0 radical (unpaired) electrons. The second-order valence-electron chi connectivity index (χ2n) is 4.97. The number of aryl methyl sites for hydroxylation is 2. The third-order valence-electron chi connectivity index (χ3n) is 3.71. The smallest absolute Gasteiger partial charge is 0.357 e. The zero-order valence-electron chi connectivity index (χ0n) is 10.9. The summed E-state index contributed by atoms with van der Waals surface area (Å²) in [5, 5.41) is 13.7. The van der Waals surface area contributed by atoms with E-state index in [1.807, 2.05) is 35.9 Å². The van der Waals surface area contributed by atoms with Crippen molar-refractivity contribution >= 4 is 5.97 Å². The van der Waals surface area contributed by atoms with Crippen LogP contribution in [0.1, 0.15) is 34.6 Å². The largest absolute Gasteiger partial charge is 0.476 e. The highest BCUT2D eigenvalue weighted by atomic mass is 16.4. The fourth-order valence-electron chi connectivity index (χ4n) is 2.78. The Morgan fingerprint density at radius 1 is 1.32 bits per heavy atom. The van der Waals surface area contributed by atoms with E-state index in [4.69, 9.17) is 0 Å². The third-order valence-corrected chi connectivity index (χ3v) is 3.71. The standard InChI is InChI=1S/C15H16N2O2/c1-10-6-2-3-7-11(10)13-12-8-4-5-9-17(12)16-14(13)15(18)19/h2-3,6-7H,4-5,8-9H2,1H3,(H,18,19). The number of hydrogen-bond donors (Lipinski definition) is 1. The molecule has 0 spiro atoms. The SMILES string of the molecule is Cc1ccccc1-c1c(C(=O)O)nn2c1CCCC2. The van der Waals surface area contributed by atoms with Crippen molar-refractivity contribution in [3.05, 3.63) is 41.2 Å². The van der Waals surface area contributed by atoms with Crippen LogP contribution in [0.3, 0.4) is 0 Å². The summed E-state index contributed by atoms with van der Waals surface area (Å²) in [5.41, 5.74) is 4.14. The minimum Gasteiger partial charge on any atom is -0.476 e. The van der Waals surface area contributed by atoms with E-state index in [2.05, 4.69) is 5.10 Å². The maximum Gasteiger partial charge on any atom is 0.357 e. The second kappa shape index (κ2) is 4.53. The predicted octanol–water partition coefficient (Wildman–Crippen LogP) is 2.89. The lowest BCUT2D eigenvalue weighted by molar-refractivity contribution is 0.0690. The lowest BCUT2D eigenvalue weighted by atomic mass is 9.95. The summed E-state index contributed by atoms with van der Waals surface area (Å²) in [4.78, 5) is 11.4. The molecule has 1 aromatic heterocycles. The van der Waals surface area contributed by atoms with Crippen molar-refractivity contribution in [1.82, 2.24) is 9.78 Å². The van der Waals surface area contributed by atoms with E-state index < -0.39 is 5.97 Å². The Balaban J connectivity index is 2.27. The van der Waals surface area contributed by atoms with Crippen molar-refractivity contribution in [1.29, 1.82) is 0 Å². The van der Waals surface area contributed by atoms with E-state index in [1.54, 1.807) is 0 Å². The number of carboxylic acid groups (broad SMARTS) is 1. The number of rotatable bonds is 2. The van der Waals surface area contributed by atoms with Crippen LogP contribution < -0.4 is 0 Å². The molecule has 0 saturated heterocycles. The molecule has 3 rings (SSSR count). The van der Waals surface area contributed by atoms with Crippen molar-refractivity contribution in [3.63, 3.8) is 0 Å². The van der Waals surface area contributed by atoms with E-state index in [-0.39, 0.29) is 5.69 Å². The molecular weight excluding hydrogens is 240 g/mol. The predicted molar refractivity (Wildman–Crippen MR) is 72.3 cm³/mol. The molecular formula is C15H16N2O2. The van der Waals surface area contributed by atoms with Crippen LogP contribution in [0.4, 0.5) is 0 Å². The number of carbonyl (C=O) groups is 1. The van der Waals surface area contributed by atoms with Gasteiger partial charge in [0.1, 0.15) is 0 Å². The molecule has 2 aromatic rings. The Labute approximate surface area is 111 Å². The lowest BCUT2D eigenvalue weighted by Crippen LogP contribution is -2.11. The maximum absolute atomic E-state index is 11.4. The molecule has 4 nitrogen and oxygen atoms in total. The Morgan fingerprint density at radius 3 is 2.84 bits per heavy atom. The lowest BCUT2D eigenvalue weighted by Gasteiger charge is -2.15. The van der Waals surface area contributed by atoms with Crippen LogP contribution in [0.5, 0.6) is 0 Å². The maximum atomic E-state index is 11.4. The van der Waals surface area contributed by atoms with Gasteiger partial charge in [-0.25, -0.2) is 4.79 Å². The molecule has 1 aliphatic rings. The van der Waals surface area contributed by atoms with Crippen molar-refractivity contribution in [2.24, 2.45) is 0 Å². The first-order chi connectivity index (χ1) is 9.18. The first-order valence-corrected chi connectivity index (χ1v) is 6.57. The summed E-state index contributed by atoms with van der Waals surface area (Å²) in [6.07, 6.45) is 3.08. The van der Waals surface area contributed by atoms with E-state index in [0.717, 1.165) is 48.2 Å². The fourth-order valence-corrected chi connectivity index (χ4v) is 2.78. The number of aromatic nitrogens is 2. The summed E-state index contributed by atoms with van der Waals surface area (Å²) in [7, 11) is 0. The molecule has 19 heavy (non-hydrogen) atoms. The molecule has 0 atom stereocenters. The number of fused-ring (bicyclic) bond motifs is 1. The molecule has 98 valence electrons. The monoisotopic (exact) mass is 256 g/mol. The average molecular weight is 256 g/mol. The quantitative estimate of drug-likeness (QED) is 0.898. The number of nitrogens with zero attached hydrogens (tertiary/aromatic N) is 2. The van der Waals surface area contributed by atoms with E-state index >= 15 is 0 Å². The molecule has 0 amide bonds. The van der Waals surface area contributed by atoms with Gasteiger partial charge in [-0.05, 0) is 37.3 Å². The molecule has 1 N–H and O–H groups in total. The van der Waals surface area contributed by atoms with Gasteiger partial charge in [0.2, 0.25) is 0 Å². The molecule has 0 bridgehead atoms. The summed E-state index contributed by atoms with van der Waals surface area (Å²) in [6, 6.07) is 7.90. The number of hydrogen-bond acceptors (Lipinski definition) is 2. The van der Waals surface area contributed by atoms with Gasteiger partial charge in [0.15, 0.2) is 5.69 Å². The Kier molecular flexibility index (Phi) is 2.85. The van der Waals surface area contributed by atoms with Crippen LogP contribution in [0.15, 0.2) is 24.3 Å². The Morgan fingerprint density at radius 2 is 2.11 bits per heavy atom. The van der Waals surface area contributed by atoms with Crippen molar-refractivity contribution in [2.45, 2.75) is 32.7 Å². The van der Waals surface area contributed by atoms with Crippen LogP contribution in [0.25, 0.3) is 11.1 Å². The molecule has 4 heteroatoms. The van der Waals surface area contributed by atoms with Crippen LogP contribution in [-0.2, 0) is 13.0 Å². The number of aromatic carboxylic acids is 1. The number of benzene rings is 1. The van der Waals surface area contributed by atoms with Crippen molar-refractivity contribution in [3.8, 4) is 11.1 Å². The van der Waals surface area contributed by atoms with Crippen LogP contribution in [0, 0.1) is 6.92 Å². The van der Waals surface area contributed by atoms with Gasteiger partial charge < -0.3 is 5.11 Å². The first-order valence-electron chi connectivity index (χ1n) is 6.57. The van der Waals surface area contributed by atoms with Crippen molar-refractivity contribution < 1.29 is 9.90 Å². The summed E-state index contributed by atoms with van der Waals surface area (Å²) in [6.45, 7) is 2.83. The molecule has 0 unspecified atom stereocenters. The topological polar surface area (TPSA) is 55.1 Å². The summed E-state index contributed by atoms with van der Waals surface area (Å²) in [5.74, 6) is -0.944. The van der Waals surface area contributed by atoms with Gasteiger partial charge in [-0.2, -0.15) is 5.10 Å². The Bertz CT molecular complexity index is 644. The van der Waals surface area contributed by atoms with Crippen LogP contribution in [-0.4, -0.2) is 20.9 Å². The molecule has 0 fully saturated rings. The zero-order chi connectivity index (χ0) is 13.4. The van der Waals surface area contributed by atoms with Gasteiger partial charge >= 0.3 is 5.97 Å². The third kappa shape index (κ3) is 1.93. The van der Waals surface area contributed by atoms with Gasteiger partial charge in [-0.15, -0.1) is 0 Å². The zero-order valence-corrected chi connectivity index (χ0v) is 10.9. The summed E-state index contributed by atoms with van der Waals surface area (Å²) < 4.78 is 1.87. The fraction of sp³-hybridized carbons (Fsp3) is 0.333. The molecule has 2 heterocycles. The Hall–Kier alpha value is -2.10. The van der Waals surface area contributed by atoms with Gasteiger partial charge in [-0.3, -0.25) is 4.68 Å². The highest BCUT2D eigenvalue weighted by Crippen LogP contribution is 2.33. The average Bonchev–Trinajstić information content (AvgIpc) is 2.79. The summed E-state index contributed by atoms with van der Waals surface area (Å²) >= 11 is 0. The van der Waals surface area contributed by atoms with Gasteiger partial charge in [0, 0.05) is 17.8 Å². The molecule has 1 aliphatic heterocycles. The van der Waals surface area contributed by atoms with E-state index in [1.165, 1.54) is 0 Å². The molecule has 0 saturated carbocycles. The highest BCUT2D eigenvalue weighted by molar-refractivity contribution is 5.95. The van der Waals surface area contributed by atoms with Crippen LogP contribution in [0.2, 0.25) is 0 Å². The second-order valence-corrected chi connectivity index (χ2v) is 4.97. The van der Waals surface area contributed by atoms with Crippen LogP contribution >= 0.6 is 0 Å². The normalized spacial score (nSPS) is 14.2.